The Kier molecular flexibility index (Phi) is 3.86. The van der Waals surface area contributed by atoms with Crippen molar-refractivity contribution in [3.05, 3.63) is 58.7 Å². The van der Waals surface area contributed by atoms with Crippen LogP contribution in [0.15, 0.2) is 41.3 Å². The summed E-state index contributed by atoms with van der Waals surface area (Å²) in [4.78, 5) is 0.316. The van der Waals surface area contributed by atoms with Gasteiger partial charge >= 0.3 is 0 Å². The maximum atomic E-state index is 12.5. The molecule has 3 nitrogen and oxygen atoms in total. The molecule has 0 aliphatic carbocycles. The van der Waals surface area contributed by atoms with Crippen molar-refractivity contribution in [2.45, 2.75) is 31.4 Å². The fraction of sp³-hybridized carbons (Fsp3) is 0.250. The van der Waals surface area contributed by atoms with Crippen LogP contribution in [0.1, 0.15) is 22.3 Å². The quantitative estimate of drug-likeness (QED) is 0.883. The Morgan fingerprint density at radius 3 is 2.15 bits per heavy atom. The molecule has 0 saturated heterocycles. The monoisotopic (exact) mass is 289 g/mol. The highest BCUT2D eigenvalue weighted by molar-refractivity contribution is 7.90. The van der Waals surface area contributed by atoms with Gasteiger partial charge in [0.2, 0.25) is 0 Å². The first-order chi connectivity index (χ1) is 9.28. The molecule has 4 heteroatoms. The number of aryl methyl sites for hydroxylation is 3. The molecular weight excluding hydrogens is 270 g/mol. The molecule has 0 aromatic heterocycles. The summed E-state index contributed by atoms with van der Waals surface area (Å²) in [6.45, 7) is 5.72. The molecule has 2 rings (SSSR count). The third-order valence-corrected chi connectivity index (χ3v) is 5.01. The van der Waals surface area contributed by atoms with E-state index < -0.39 is 9.84 Å². The molecule has 0 aliphatic heterocycles. The van der Waals surface area contributed by atoms with Gasteiger partial charge in [-0.25, -0.2) is 8.42 Å². The van der Waals surface area contributed by atoms with Gasteiger partial charge in [0, 0.05) is 5.69 Å². The molecule has 0 aliphatic rings. The molecule has 0 amide bonds. The second-order valence-electron chi connectivity index (χ2n) is 5.28. The van der Waals surface area contributed by atoms with Crippen LogP contribution in [-0.4, -0.2) is 8.42 Å². The van der Waals surface area contributed by atoms with Crippen molar-refractivity contribution in [2.75, 3.05) is 5.73 Å². The Hall–Kier alpha value is -1.81. The SMILES string of the molecule is Cc1cc(C)cc(CS(=O)(=O)c2cc(N)ccc2C)c1. The maximum Gasteiger partial charge on any atom is 0.182 e. The van der Waals surface area contributed by atoms with Gasteiger partial charge in [0.15, 0.2) is 9.84 Å². The van der Waals surface area contributed by atoms with Crippen LogP contribution in [0.3, 0.4) is 0 Å². The van der Waals surface area contributed by atoms with Gasteiger partial charge in [-0.3, -0.25) is 0 Å². The van der Waals surface area contributed by atoms with E-state index >= 15 is 0 Å². The van der Waals surface area contributed by atoms with Crippen LogP contribution in [0.4, 0.5) is 5.69 Å². The van der Waals surface area contributed by atoms with E-state index in [2.05, 4.69) is 0 Å². The lowest BCUT2D eigenvalue weighted by Gasteiger charge is -2.10. The Morgan fingerprint density at radius 1 is 0.950 bits per heavy atom. The predicted molar refractivity (Wildman–Crippen MR) is 82.4 cm³/mol. The van der Waals surface area contributed by atoms with E-state index in [9.17, 15) is 8.42 Å². The Balaban J connectivity index is 2.43. The summed E-state index contributed by atoms with van der Waals surface area (Å²) in [6, 6.07) is 10.8. The average molecular weight is 289 g/mol. The van der Waals surface area contributed by atoms with Crippen LogP contribution in [-0.2, 0) is 15.6 Å². The van der Waals surface area contributed by atoms with Crippen molar-refractivity contribution in [2.24, 2.45) is 0 Å². The highest BCUT2D eigenvalue weighted by Crippen LogP contribution is 2.23. The molecule has 2 N–H and O–H groups in total. The summed E-state index contributed by atoms with van der Waals surface area (Å²) in [7, 11) is -3.38. The summed E-state index contributed by atoms with van der Waals surface area (Å²) in [5.74, 6) is -0.000185. The van der Waals surface area contributed by atoms with E-state index in [1.807, 2.05) is 32.0 Å². The van der Waals surface area contributed by atoms with Gasteiger partial charge in [-0.15, -0.1) is 0 Å². The Labute approximate surface area is 120 Å². The fourth-order valence-corrected chi connectivity index (χ4v) is 4.04. The first kappa shape index (κ1) is 14.6. The van der Waals surface area contributed by atoms with Crippen LogP contribution in [0.2, 0.25) is 0 Å². The van der Waals surface area contributed by atoms with Crippen molar-refractivity contribution < 1.29 is 8.42 Å². The van der Waals surface area contributed by atoms with Crippen LogP contribution < -0.4 is 5.73 Å². The molecule has 0 heterocycles. The third-order valence-electron chi connectivity index (χ3n) is 3.19. The standard InChI is InChI=1S/C16H19NO2S/c1-11-6-12(2)8-14(7-11)10-20(18,19)16-9-15(17)5-4-13(16)3/h4-9H,10,17H2,1-3H3. The molecule has 0 bridgehead atoms. The fourth-order valence-electron chi connectivity index (χ4n) is 2.40. The number of nitrogen functional groups attached to an aromatic ring is 1. The Morgan fingerprint density at radius 2 is 1.55 bits per heavy atom. The van der Waals surface area contributed by atoms with Crippen LogP contribution in [0.25, 0.3) is 0 Å². The highest BCUT2D eigenvalue weighted by Gasteiger charge is 2.18. The zero-order valence-electron chi connectivity index (χ0n) is 12.0. The maximum absolute atomic E-state index is 12.5. The third kappa shape index (κ3) is 3.20. The molecule has 2 aromatic carbocycles. The first-order valence-electron chi connectivity index (χ1n) is 6.44. The molecule has 106 valence electrons. The van der Waals surface area contributed by atoms with Crippen molar-refractivity contribution in [3.63, 3.8) is 0 Å². The highest BCUT2D eigenvalue weighted by atomic mass is 32.2. The second kappa shape index (κ2) is 5.29. The zero-order valence-corrected chi connectivity index (χ0v) is 12.8. The minimum Gasteiger partial charge on any atom is -0.399 e. The molecule has 0 saturated carbocycles. The lowest BCUT2D eigenvalue weighted by molar-refractivity contribution is 0.594. The van der Waals surface area contributed by atoms with Crippen LogP contribution >= 0.6 is 0 Å². The lowest BCUT2D eigenvalue weighted by Crippen LogP contribution is -2.08. The van der Waals surface area contributed by atoms with Crippen LogP contribution in [0, 0.1) is 20.8 Å². The van der Waals surface area contributed by atoms with Gasteiger partial charge in [-0.05, 0) is 44.0 Å². The summed E-state index contributed by atoms with van der Waals surface area (Å²) in [5.41, 5.74) is 9.84. The number of rotatable bonds is 3. The molecule has 0 fully saturated rings. The number of hydrogen-bond acceptors (Lipinski definition) is 3. The lowest BCUT2D eigenvalue weighted by atomic mass is 10.1. The number of benzene rings is 2. The average Bonchev–Trinajstić information content (AvgIpc) is 2.30. The van der Waals surface area contributed by atoms with Gasteiger partial charge in [-0.2, -0.15) is 0 Å². The summed E-state index contributed by atoms with van der Waals surface area (Å²) >= 11 is 0. The number of sulfone groups is 1. The molecule has 2 aromatic rings. The summed E-state index contributed by atoms with van der Waals surface area (Å²) in [5, 5.41) is 0. The number of nitrogens with two attached hydrogens (primary N) is 1. The van der Waals surface area contributed by atoms with Crippen molar-refractivity contribution in [1.29, 1.82) is 0 Å². The zero-order chi connectivity index (χ0) is 14.9. The van der Waals surface area contributed by atoms with Crippen molar-refractivity contribution in [3.8, 4) is 0 Å². The van der Waals surface area contributed by atoms with Crippen LogP contribution in [0.5, 0.6) is 0 Å². The van der Waals surface area contributed by atoms with E-state index in [1.165, 1.54) is 6.07 Å². The number of hydrogen-bond donors (Lipinski definition) is 1. The van der Waals surface area contributed by atoms with Crippen molar-refractivity contribution >= 4 is 15.5 Å². The molecular formula is C16H19NO2S. The van der Waals surface area contributed by atoms with E-state index in [1.54, 1.807) is 19.1 Å². The largest absolute Gasteiger partial charge is 0.399 e. The van der Waals surface area contributed by atoms with Gasteiger partial charge in [0.25, 0.3) is 0 Å². The van der Waals surface area contributed by atoms with E-state index in [0.29, 0.717) is 10.6 Å². The minimum absolute atomic E-state index is 0.000185. The van der Waals surface area contributed by atoms with Crippen molar-refractivity contribution in [1.82, 2.24) is 0 Å². The smallest absolute Gasteiger partial charge is 0.182 e. The van der Waals surface area contributed by atoms with Gasteiger partial charge in [-0.1, -0.05) is 35.4 Å². The molecule has 0 unspecified atom stereocenters. The van der Waals surface area contributed by atoms with Gasteiger partial charge < -0.3 is 5.73 Å². The second-order valence-corrected chi connectivity index (χ2v) is 7.24. The van der Waals surface area contributed by atoms with Gasteiger partial charge in [0.05, 0.1) is 10.6 Å². The predicted octanol–water partition coefficient (Wildman–Crippen LogP) is 3.17. The molecule has 20 heavy (non-hydrogen) atoms. The summed E-state index contributed by atoms with van der Waals surface area (Å²) in [6.07, 6.45) is 0. The van der Waals surface area contributed by atoms with Gasteiger partial charge in [0.1, 0.15) is 0 Å². The van der Waals surface area contributed by atoms with E-state index in [-0.39, 0.29) is 5.75 Å². The molecule has 0 spiro atoms. The molecule has 0 radical (unpaired) electrons. The topological polar surface area (TPSA) is 60.2 Å². The minimum atomic E-state index is -3.38. The number of anilines is 1. The van der Waals surface area contributed by atoms with E-state index in [0.717, 1.165) is 22.3 Å². The first-order valence-corrected chi connectivity index (χ1v) is 8.09. The van der Waals surface area contributed by atoms with E-state index in [4.69, 9.17) is 5.73 Å². The molecule has 0 atom stereocenters. The Bertz CT molecular complexity index is 729. The summed E-state index contributed by atoms with van der Waals surface area (Å²) < 4.78 is 25.1. The normalized spacial score (nSPS) is 11.6.